The van der Waals surface area contributed by atoms with Gasteiger partial charge in [-0.3, -0.25) is 0 Å². The summed E-state index contributed by atoms with van der Waals surface area (Å²) in [6.07, 6.45) is 4.67. The minimum absolute atomic E-state index is 0.644. The second-order valence-corrected chi connectivity index (χ2v) is 4.27. The first kappa shape index (κ1) is 11.6. The van der Waals surface area contributed by atoms with Crippen molar-refractivity contribution < 1.29 is 0 Å². The molecular weight excluding hydrogens is 238 g/mol. The average Bonchev–Trinajstić information content (AvgIpc) is 2.98. The highest BCUT2D eigenvalue weighted by atomic mass is 15.3. The number of fused-ring (bicyclic) bond motifs is 1. The van der Waals surface area contributed by atoms with Crippen molar-refractivity contribution in [1.29, 1.82) is 0 Å². The lowest BCUT2D eigenvalue weighted by molar-refractivity contribution is 0.848. The molecule has 0 atom stereocenters. The Morgan fingerprint density at radius 1 is 1.16 bits per heavy atom. The van der Waals surface area contributed by atoms with Crippen molar-refractivity contribution in [3.63, 3.8) is 0 Å². The van der Waals surface area contributed by atoms with Crippen LogP contribution >= 0.6 is 0 Å². The summed E-state index contributed by atoms with van der Waals surface area (Å²) in [7, 11) is 0. The predicted molar refractivity (Wildman–Crippen MR) is 75.4 cm³/mol. The van der Waals surface area contributed by atoms with Crippen molar-refractivity contribution in [1.82, 2.24) is 19.7 Å². The van der Waals surface area contributed by atoms with Gasteiger partial charge in [0.1, 0.15) is 0 Å². The largest absolute Gasteiger partial charge is 0.354 e. The van der Waals surface area contributed by atoms with Crippen molar-refractivity contribution in [2.45, 2.75) is 13.3 Å². The average molecular weight is 253 g/mol. The third kappa shape index (κ3) is 2.27. The Kier molecular flexibility index (Phi) is 3.10. The van der Waals surface area contributed by atoms with E-state index in [4.69, 9.17) is 0 Å². The third-order valence-corrected chi connectivity index (χ3v) is 2.84. The lowest BCUT2D eigenvalue weighted by atomic mass is 10.2. The fourth-order valence-electron chi connectivity index (χ4n) is 1.94. The lowest BCUT2D eigenvalue weighted by Gasteiger charge is -2.09. The number of nitrogens with zero attached hydrogens (tertiary/aromatic N) is 4. The molecule has 0 saturated carbocycles. The minimum Gasteiger partial charge on any atom is -0.354 e. The molecule has 5 nitrogen and oxygen atoms in total. The molecule has 1 aromatic carbocycles. The Labute approximate surface area is 111 Å². The second-order valence-electron chi connectivity index (χ2n) is 4.27. The van der Waals surface area contributed by atoms with E-state index < -0.39 is 0 Å². The maximum atomic E-state index is 4.56. The fraction of sp³-hybridized carbons (Fsp3) is 0.214. The summed E-state index contributed by atoms with van der Waals surface area (Å²) < 4.78 is 1.77. The molecule has 96 valence electrons. The van der Waals surface area contributed by atoms with Crippen LogP contribution in [-0.4, -0.2) is 26.3 Å². The molecule has 0 spiro atoms. The first-order valence-corrected chi connectivity index (χ1v) is 6.39. The summed E-state index contributed by atoms with van der Waals surface area (Å²) in [4.78, 5) is 9.08. The van der Waals surface area contributed by atoms with Crippen molar-refractivity contribution >= 4 is 16.9 Å². The Morgan fingerprint density at radius 3 is 2.84 bits per heavy atom. The van der Waals surface area contributed by atoms with Crippen LogP contribution in [0, 0.1) is 0 Å². The highest BCUT2D eigenvalue weighted by molar-refractivity contribution is 5.86. The topological polar surface area (TPSA) is 55.6 Å². The van der Waals surface area contributed by atoms with Gasteiger partial charge < -0.3 is 5.32 Å². The molecule has 3 rings (SSSR count). The predicted octanol–water partition coefficient (Wildman–Crippen LogP) is 2.64. The van der Waals surface area contributed by atoms with Gasteiger partial charge in [-0.15, -0.1) is 0 Å². The van der Waals surface area contributed by atoms with E-state index >= 15 is 0 Å². The van der Waals surface area contributed by atoms with Gasteiger partial charge >= 0.3 is 0 Å². The number of hydrogen-bond acceptors (Lipinski definition) is 4. The first-order valence-electron chi connectivity index (χ1n) is 6.39. The maximum absolute atomic E-state index is 4.56. The van der Waals surface area contributed by atoms with Crippen LogP contribution in [0.1, 0.15) is 13.3 Å². The van der Waals surface area contributed by atoms with Crippen molar-refractivity contribution in [2.75, 3.05) is 11.9 Å². The van der Waals surface area contributed by atoms with E-state index in [1.54, 1.807) is 10.9 Å². The number of benzene rings is 1. The summed E-state index contributed by atoms with van der Waals surface area (Å²) in [5.74, 6) is 1.44. The van der Waals surface area contributed by atoms with E-state index in [2.05, 4.69) is 27.3 Å². The number of para-hydroxylation sites is 1. The van der Waals surface area contributed by atoms with Crippen molar-refractivity contribution in [3.8, 4) is 5.82 Å². The fourth-order valence-corrected chi connectivity index (χ4v) is 1.94. The van der Waals surface area contributed by atoms with Crippen LogP contribution in [0.15, 0.2) is 42.7 Å². The van der Waals surface area contributed by atoms with Crippen LogP contribution in [0.25, 0.3) is 16.7 Å². The molecule has 5 heteroatoms. The molecule has 0 saturated heterocycles. The standard InChI is InChI=1S/C14H15N5/c1-2-8-15-14-17-12-7-4-3-6-11(12)13(18-14)19-10-5-9-16-19/h3-7,9-10H,2,8H2,1H3,(H,15,17,18). The second kappa shape index (κ2) is 5.06. The molecule has 0 aliphatic carbocycles. The zero-order valence-corrected chi connectivity index (χ0v) is 10.7. The monoisotopic (exact) mass is 253 g/mol. The lowest BCUT2D eigenvalue weighted by Crippen LogP contribution is -2.08. The quantitative estimate of drug-likeness (QED) is 0.776. The van der Waals surface area contributed by atoms with Crippen LogP contribution < -0.4 is 5.32 Å². The van der Waals surface area contributed by atoms with E-state index in [1.807, 2.05) is 36.5 Å². The smallest absolute Gasteiger partial charge is 0.225 e. The first-order chi connectivity index (χ1) is 9.38. The Bertz CT molecular complexity index is 675. The normalized spacial score (nSPS) is 10.8. The molecule has 0 amide bonds. The van der Waals surface area contributed by atoms with Gasteiger partial charge in [0, 0.05) is 24.3 Å². The summed E-state index contributed by atoms with van der Waals surface area (Å²) in [5, 5.41) is 8.48. The molecule has 0 fully saturated rings. The zero-order valence-electron chi connectivity index (χ0n) is 10.7. The Hall–Kier alpha value is -2.43. The molecule has 2 aromatic heterocycles. The molecule has 19 heavy (non-hydrogen) atoms. The number of hydrogen-bond donors (Lipinski definition) is 1. The van der Waals surface area contributed by atoms with E-state index in [9.17, 15) is 0 Å². The van der Waals surface area contributed by atoms with Gasteiger partial charge in [0.05, 0.1) is 5.52 Å². The molecule has 1 N–H and O–H groups in total. The molecule has 0 aliphatic heterocycles. The number of aromatic nitrogens is 4. The van der Waals surface area contributed by atoms with Gasteiger partial charge in [-0.2, -0.15) is 10.1 Å². The Morgan fingerprint density at radius 2 is 2.05 bits per heavy atom. The zero-order chi connectivity index (χ0) is 13.1. The molecule has 0 radical (unpaired) electrons. The highest BCUT2D eigenvalue weighted by Crippen LogP contribution is 2.20. The summed E-state index contributed by atoms with van der Waals surface area (Å²) in [5.41, 5.74) is 0.918. The highest BCUT2D eigenvalue weighted by Gasteiger charge is 2.08. The maximum Gasteiger partial charge on any atom is 0.225 e. The van der Waals surface area contributed by atoms with Crippen molar-refractivity contribution in [2.24, 2.45) is 0 Å². The molecule has 2 heterocycles. The van der Waals surface area contributed by atoms with Gasteiger partial charge in [0.25, 0.3) is 0 Å². The van der Waals surface area contributed by atoms with E-state index in [0.29, 0.717) is 5.95 Å². The van der Waals surface area contributed by atoms with Crippen LogP contribution in [0.2, 0.25) is 0 Å². The van der Waals surface area contributed by atoms with Crippen LogP contribution in [0.3, 0.4) is 0 Å². The van der Waals surface area contributed by atoms with E-state index in [0.717, 1.165) is 29.7 Å². The van der Waals surface area contributed by atoms with Crippen LogP contribution in [0.5, 0.6) is 0 Å². The number of rotatable bonds is 4. The van der Waals surface area contributed by atoms with Gasteiger partial charge in [-0.1, -0.05) is 19.1 Å². The third-order valence-electron chi connectivity index (χ3n) is 2.84. The summed E-state index contributed by atoms with van der Waals surface area (Å²) >= 11 is 0. The summed E-state index contributed by atoms with van der Waals surface area (Å²) in [6, 6.07) is 9.84. The SMILES string of the molecule is CCCNc1nc(-n2cccn2)c2ccccc2n1. The number of anilines is 1. The summed E-state index contributed by atoms with van der Waals surface area (Å²) in [6.45, 7) is 2.97. The number of nitrogens with one attached hydrogen (secondary N) is 1. The molecular formula is C14H15N5. The van der Waals surface area contributed by atoms with Gasteiger partial charge in [0.2, 0.25) is 5.95 Å². The van der Waals surface area contributed by atoms with Crippen LogP contribution in [0.4, 0.5) is 5.95 Å². The van der Waals surface area contributed by atoms with Gasteiger partial charge in [0.15, 0.2) is 5.82 Å². The van der Waals surface area contributed by atoms with Crippen molar-refractivity contribution in [3.05, 3.63) is 42.7 Å². The van der Waals surface area contributed by atoms with Gasteiger partial charge in [-0.05, 0) is 24.6 Å². The van der Waals surface area contributed by atoms with E-state index in [-0.39, 0.29) is 0 Å². The van der Waals surface area contributed by atoms with Crippen LogP contribution in [-0.2, 0) is 0 Å². The molecule has 0 aliphatic rings. The minimum atomic E-state index is 0.644. The van der Waals surface area contributed by atoms with E-state index in [1.165, 1.54) is 0 Å². The molecule has 3 aromatic rings. The molecule has 0 unspecified atom stereocenters. The van der Waals surface area contributed by atoms with Gasteiger partial charge in [-0.25, -0.2) is 9.67 Å². The molecule has 0 bridgehead atoms. The Balaban J connectivity index is 2.17.